The number of aryl methyl sites for hydroxylation is 1. The standard InChI is InChI=1S/C9H9N5O2/c1-13-9(6(5-15)4-11-13)14-3-2-7(12-14)8(10)16/h2-5H,1H3,(H2,10,16). The van der Waals surface area contributed by atoms with Crippen LogP contribution < -0.4 is 5.73 Å². The SMILES string of the molecule is Cn1ncc(C=O)c1-n1ccc(C(N)=O)n1. The average molecular weight is 219 g/mol. The van der Waals surface area contributed by atoms with E-state index in [0.717, 1.165) is 0 Å². The molecule has 0 radical (unpaired) electrons. The van der Waals surface area contributed by atoms with Gasteiger partial charge >= 0.3 is 0 Å². The number of amides is 1. The van der Waals surface area contributed by atoms with Gasteiger partial charge in [-0.1, -0.05) is 0 Å². The number of aldehydes is 1. The molecule has 2 aromatic rings. The quantitative estimate of drug-likeness (QED) is 0.705. The molecule has 0 saturated carbocycles. The van der Waals surface area contributed by atoms with E-state index >= 15 is 0 Å². The molecule has 7 nitrogen and oxygen atoms in total. The number of hydrogen-bond acceptors (Lipinski definition) is 4. The molecule has 0 fully saturated rings. The molecule has 0 aliphatic heterocycles. The minimum Gasteiger partial charge on any atom is -0.364 e. The van der Waals surface area contributed by atoms with Crippen molar-refractivity contribution in [3.05, 3.63) is 29.7 Å². The molecule has 82 valence electrons. The number of primary amides is 1. The molecule has 2 rings (SSSR count). The zero-order chi connectivity index (χ0) is 11.7. The Labute approximate surface area is 90.5 Å². The number of hydrogen-bond donors (Lipinski definition) is 1. The summed E-state index contributed by atoms with van der Waals surface area (Å²) >= 11 is 0. The van der Waals surface area contributed by atoms with Crippen molar-refractivity contribution in [2.75, 3.05) is 0 Å². The highest BCUT2D eigenvalue weighted by Gasteiger charge is 2.12. The Hall–Kier alpha value is -2.44. The molecule has 0 atom stereocenters. The maximum Gasteiger partial charge on any atom is 0.269 e. The van der Waals surface area contributed by atoms with Crippen molar-refractivity contribution in [2.24, 2.45) is 12.8 Å². The summed E-state index contributed by atoms with van der Waals surface area (Å²) in [5.41, 5.74) is 5.61. The summed E-state index contributed by atoms with van der Waals surface area (Å²) in [6.45, 7) is 0. The van der Waals surface area contributed by atoms with Gasteiger partial charge in [0, 0.05) is 13.2 Å². The van der Waals surface area contributed by atoms with Crippen LogP contribution in [-0.2, 0) is 7.05 Å². The lowest BCUT2D eigenvalue weighted by molar-refractivity contribution is 0.0995. The van der Waals surface area contributed by atoms with Crippen molar-refractivity contribution in [3.63, 3.8) is 0 Å². The van der Waals surface area contributed by atoms with Crippen molar-refractivity contribution in [1.29, 1.82) is 0 Å². The molecule has 1 amide bonds. The molecule has 0 bridgehead atoms. The number of rotatable bonds is 3. The van der Waals surface area contributed by atoms with Gasteiger partial charge in [-0.2, -0.15) is 10.2 Å². The van der Waals surface area contributed by atoms with Crippen LogP contribution in [0.5, 0.6) is 0 Å². The normalized spacial score (nSPS) is 10.3. The van der Waals surface area contributed by atoms with Crippen LogP contribution in [0.15, 0.2) is 18.5 Å². The first-order valence-electron chi connectivity index (χ1n) is 4.46. The van der Waals surface area contributed by atoms with Gasteiger partial charge < -0.3 is 5.73 Å². The summed E-state index contributed by atoms with van der Waals surface area (Å²) in [6.07, 6.45) is 3.64. The van der Waals surface area contributed by atoms with E-state index < -0.39 is 5.91 Å². The fourth-order valence-electron chi connectivity index (χ4n) is 1.39. The molecular weight excluding hydrogens is 210 g/mol. The molecule has 0 aliphatic carbocycles. The molecule has 0 spiro atoms. The van der Waals surface area contributed by atoms with Gasteiger partial charge in [-0.25, -0.2) is 4.68 Å². The Morgan fingerprint density at radius 3 is 2.88 bits per heavy atom. The zero-order valence-corrected chi connectivity index (χ0v) is 8.49. The fourth-order valence-corrected chi connectivity index (χ4v) is 1.39. The highest BCUT2D eigenvalue weighted by Crippen LogP contribution is 2.10. The van der Waals surface area contributed by atoms with Crippen LogP contribution in [-0.4, -0.2) is 31.8 Å². The number of carbonyl (C=O) groups excluding carboxylic acids is 2. The monoisotopic (exact) mass is 219 g/mol. The third-order valence-corrected chi connectivity index (χ3v) is 2.12. The van der Waals surface area contributed by atoms with Crippen LogP contribution in [0.25, 0.3) is 5.82 Å². The predicted molar refractivity (Wildman–Crippen MR) is 54.2 cm³/mol. The molecule has 2 heterocycles. The van der Waals surface area contributed by atoms with Crippen LogP contribution in [0.2, 0.25) is 0 Å². The van der Waals surface area contributed by atoms with Crippen LogP contribution in [0, 0.1) is 0 Å². The van der Waals surface area contributed by atoms with Gasteiger partial charge in [0.05, 0.1) is 11.8 Å². The predicted octanol–water partition coefficient (Wildman–Crippen LogP) is -0.483. The third-order valence-electron chi connectivity index (χ3n) is 2.12. The summed E-state index contributed by atoms with van der Waals surface area (Å²) in [5.74, 6) is -0.129. The molecule has 0 saturated heterocycles. The van der Waals surface area contributed by atoms with Gasteiger partial charge in [-0.15, -0.1) is 0 Å². The van der Waals surface area contributed by atoms with E-state index in [1.165, 1.54) is 21.6 Å². The summed E-state index contributed by atoms with van der Waals surface area (Å²) in [6, 6.07) is 1.48. The van der Waals surface area contributed by atoms with Crippen molar-refractivity contribution < 1.29 is 9.59 Å². The second-order valence-electron chi connectivity index (χ2n) is 3.17. The zero-order valence-electron chi connectivity index (χ0n) is 8.49. The first-order chi connectivity index (χ1) is 7.63. The van der Waals surface area contributed by atoms with Crippen molar-refractivity contribution >= 4 is 12.2 Å². The Morgan fingerprint density at radius 2 is 2.31 bits per heavy atom. The van der Waals surface area contributed by atoms with Crippen LogP contribution in [0.3, 0.4) is 0 Å². The molecule has 2 aromatic heterocycles. The van der Waals surface area contributed by atoms with E-state index in [1.54, 1.807) is 13.2 Å². The van der Waals surface area contributed by atoms with Gasteiger partial charge in [0.2, 0.25) is 0 Å². The van der Waals surface area contributed by atoms with E-state index in [9.17, 15) is 9.59 Å². The van der Waals surface area contributed by atoms with Crippen LogP contribution in [0.1, 0.15) is 20.8 Å². The third kappa shape index (κ3) is 1.48. The van der Waals surface area contributed by atoms with E-state index in [2.05, 4.69) is 10.2 Å². The van der Waals surface area contributed by atoms with E-state index in [0.29, 0.717) is 17.7 Å². The number of nitrogens with two attached hydrogens (primary N) is 1. The highest BCUT2D eigenvalue weighted by atomic mass is 16.1. The first kappa shape index (κ1) is 10.1. The second kappa shape index (κ2) is 3.61. The second-order valence-corrected chi connectivity index (χ2v) is 3.17. The van der Waals surface area contributed by atoms with E-state index in [1.807, 2.05) is 0 Å². The largest absolute Gasteiger partial charge is 0.364 e. The minimum atomic E-state index is -0.617. The molecule has 0 aromatic carbocycles. The lowest BCUT2D eigenvalue weighted by Gasteiger charge is -2.01. The van der Waals surface area contributed by atoms with Gasteiger partial charge in [-0.05, 0) is 6.07 Å². The summed E-state index contributed by atoms with van der Waals surface area (Å²) in [5, 5.41) is 7.87. The topological polar surface area (TPSA) is 95.8 Å². The summed E-state index contributed by atoms with van der Waals surface area (Å²) in [4.78, 5) is 21.6. The van der Waals surface area contributed by atoms with Crippen LogP contribution in [0.4, 0.5) is 0 Å². The maximum absolute atomic E-state index is 10.9. The Bertz CT molecular complexity index is 554. The smallest absolute Gasteiger partial charge is 0.269 e. The molecule has 16 heavy (non-hydrogen) atoms. The van der Waals surface area contributed by atoms with E-state index in [4.69, 9.17) is 5.73 Å². The van der Waals surface area contributed by atoms with Gasteiger partial charge in [-0.3, -0.25) is 14.3 Å². The van der Waals surface area contributed by atoms with Crippen molar-refractivity contribution in [1.82, 2.24) is 19.6 Å². The highest BCUT2D eigenvalue weighted by molar-refractivity contribution is 5.90. The van der Waals surface area contributed by atoms with Gasteiger partial charge in [0.1, 0.15) is 5.69 Å². The summed E-state index contributed by atoms with van der Waals surface area (Å²) < 4.78 is 2.87. The average Bonchev–Trinajstić information content (AvgIpc) is 2.83. The lowest BCUT2D eigenvalue weighted by Crippen LogP contribution is -2.13. The van der Waals surface area contributed by atoms with Gasteiger partial charge in [0.15, 0.2) is 12.1 Å². The minimum absolute atomic E-state index is 0.137. The maximum atomic E-state index is 10.9. The number of aromatic nitrogens is 4. The Morgan fingerprint density at radius 1 is 1.56 bits per heavy atom. The molecule has 2 N–H and O–H groups in total. The molecular formula is C9H9N5O2. The molecule has 0 unspecified atom stereocenters. The molecule has 7 heteroatoms. The lowest BCUT2D eigenvalue weighted by atomic mass is 10.4. The Kier molecular flexibility index (Phi) is 2.28. The number of nitrogens with zero attached hydrogens (tertiary/aromatic N) is 4. The fraction of sp³-hybridized carbons (Fsp3) is 0.111. The summed E-state index contributed by atoms with van der Waals surface area (Å²) in [7, 11) is 1.67. The van der Waals surface area contributed by atoms with Gasteiger partial charge in [0.25, 0.3) is 5.91 Å². The molecule has 0 aliphatic rings. The van der Waals surface area contributed by atoms with E-state index in [-0.39, 0.29) is 5.69 Å². The number of carbonyl (C=O) groups is 2. The Balaban J connectivity index is 2.53. The van der Waals surface area contributed by atoms with Crippen molar-refractivity contribution in [2.45, 2.75) is 0 Å². The van der Waals surface area contributed by atoms with Crippen molar-refractivity contribution in [3.8, 4) is 5.82 Å². The van der Waals surface area contributed by atoms with Crippen LogP contribution >= 0.6 is 0 Å². The first-order valence-corrected chi connectivity index (χ1v) is 4.46.